The van der Waals surface area contributed by atoms with Gasteiger partial charge >= 0.3 is 5.97 Å². The molecule has 2 heterocycles. The highest BCUT2D eigenvalue weighted by Gasteiger charge is 2.17. The summed E-state index contributed by atoms with van der Waals surface area (Å²) in [6.07, 6.45) is 3.56. The zero-order valence-electron chi connectivity index (χ0n) is 9.56. The molecule has 18 heavy (non-hydrogen) atoms. The van der Waals surface area contributed by atoms with Crippen molar-refractivity contribution in [3.8, 4) is 0 Å². The molecule has 0 saturated carbocycles. The lowest BCUT2D eigenvalue weighted by Crippen LogP contribution is -2.12. The second-order valence-corrected chi connectivity index (χ2v) is 4.69. The third-order valence-corrected chi connectivity index (χ3v) is 3.54. The van der Waals surface area contributed by atoms with E-state index in [0.717, 1.165) is 11.3 Å². The first-order chi connectivity index (χ1) is 8.61. The van der Waals surface area contributed by atoms with Crippen LogP contribution >= 0.6 is 11.3 Å². The number of rotatable bonds is 4. The topological polar surface area (TPSA) is 95.1 Å². The Morgan fingerprint density at radius 2 is 2.33 bits per heavy atom. The van der Waals surface area contributed by atoms with Crippen molar-refractivity contribution in [1.82, 2.24) is 10.2 Å². The van der Waals surface area contributed by atoms with E-state index in [1.54, 1.807) is 6.07 Å². The molecule has 1 amide bonds. The standard InChI is InChI=1S/C11H11N3O3S/c1-2-7-3-8(11(16)17)10(18-7)14-9(15)6-4-12-13-5-6/h3-5H,2H2,1H3,(H,12,13)(H,14,15)(H,16,17). The van der Waals surface area contributed by atoms with Gasteiger partial charge in [-0.05, 0) is 12.5 Å². The number of carboxylic acids is 1. The first-order valence-electron chi connectivity index (χ1n) is 5.28. The molecule has 0 spiro atoms. The number of hydrogen-bond donors (Lipinski definition) is 3. The van der Waals surface area contributed by atoms with E-state index in [1.807, 2.05) is 6.92 Å². The van der Waals surface area contributed by atoms with Crippen LogP contribution in [-0.4, -0.2) is 27.2 Å². The van der Waals surface area contributed by atoms with Crippen LogP contribution in [0, 0.1) is 0 Å². The molecule has 0 unspecified atom stereocenters. The van der Waals surface area contributed by atoms with Crippen molar-refractivity contribution in [2.75, 3.05) is 5.32 Å². The molecule has 0 saturated heterocycles. The number of H-pyrrole nitrogens is 1. The van der Waals surface area contributed by atoms with Gasteiger partial charge in [0, 0.05) is 11.1 Å². The summed E-state index contributed by atoms with van der Waals surface area (Å²) in [6.45, 7) is 1.93. The molecule has 0 bridgehead atoms. The minimum absolute atomic E-state index is 0.119. The SMILES string of the molecule is CCc1cc(C(=O)O)c(NC(=O)c2cn[nH]c2)s1. The number of carbonyl (C=O) groups excluding carboxylic acids is 1. The van der Waals surface area contributed by atoms with Gasteiger partial charge in [0.25, 0.3) is 5.91 Å². The van der Waals surface area contributed by atoms with E-state index in [9.17, 15) is 9.59 Å². The van der Waals surface area contributed by atoms with Crippen molar-refractivity contribution in [2.45, 2.75) is 13.3 Å². The Bertz CT molecular complexity index is 574. The minimum Gasteiger partial charge on any atom is -0.478 e. The summed E-state index contributed by atoms with van der Waals surface area (Å²) in [5.74, 6) is -1.43. The predicted molar refractivity (Wildman–Crippen MR) is 67.2 cm³/mol. The average molecular weight is 265 g/mol. The van der Waals surface area contributed by atoms with Crippen molar-refractivity contribution in [3.05, 3.63) is 34.5 Å². The smallest absolute Gasteiger partial charge is 0.338 e. The number of aromatic amines is 1. The maximum Gasteiger partial charge on any atom is 0.338 e. The number of nitrogens with zero attached hydrogens (tertiary/aromatic N) is 1. The van der Waals surface area contributed by atoms with Gasteiger partial charge in [-0.15, -0.1) is 11.3 Å². The Kier molecular flexibility index (Phi) is 3.42. The molecule has 3 N–H and O–H groups in total. The number of aromatic carboxylic acids is 1. The molecule has 0 aliphatic carbocycles. The molecule has 7 heteroatoms. The third-order valence-electron chi connectivity index (χ3n) is 2.35. The van der Waals surface area contributed by atoms with E-state index in [0.29, 0.717) is 10.6 Å². The van der Waals surface area contributed by atoms with Gasteiger partial charge in [-0.25, -0.2) is 4.79 Å². The molecular weight excluding hydrogens is 254 g/mol. The Balaban J connectivity index is 2.25. The maximum atomic E-state index is 11.8. The minimum atomic E-state index is -1.05. The molecule has 2 rings (SSSR count). The molecule has 6 nitrogen and oxygen atoms in total. The number of thiophene rings is 1. The van der Waals surface area contributed by atoms with Crippen LogP contribution in [0.5, 0.6) is 0 Å². The highest BCUT2D eigenvalue weighted by Crippen LogP contribution is 2.29. The zero-order chi connectivity index (χ0) is 13.1. The highest BCUT2D eigenvalue weighted by atomic mass is 32.1. The number of aromatic nitrogens is 2. The summed E-state index contributed by atoms with van der Waals surface area (Å²) in [7, 11) is 0. The van der Waals surface area contributed by atoms with Crippen LogP contribution in [0.3, 0.4) is 0 Å². The molecule has 0 aromatic carbocycles. The summed E-state index contributed by atoms with van der Waals surface area (Å²) in [4.78, 5) is 23.8. The fourth-order valence-corrected chi connectivity index (χ4v) is 2.40. The molecule has 94 valence electrons. The molecule has 0 radical (unpaired) electrons. The number of amides is 1. The van der Waals surface area contributed by atoms with E-state index in [2.05, 4.69) is 15.5 Å². The second-order valence-electron chi connectivity index (χ2n) is 3.56. The van der Waals surface area contributed by atoms with Gasteiger partial charge < -0.3 is 10.4 Å². The molecule has 0 aliphatic heterocycles. The number of nitrogens with one attached hydrogen (secondary N) is 2. The average Bonchev–Trinajstić information content (AvgIpc) is 2.97. The van der Waals surface area contributed by atoms with Crippen molar-refractivity contribution in [1.29, 1.82) is 0 Å². The van der Waals surface area contributed by atoms with E-state index in [-0.39, 0.29) is 11.5 Å². The van der Waals surface area contributed by atoms with Crippen LogP contribution in [0.2, 0.25) is 0 Å². The van der Waals surface area contributed by atoms with E-state index in [1.165, 1.54) is 23.7 Å². The first kappa shape index (κ1) is 12.3. The Morgan fingerprint density at radius 1 is 1.56 bits per heavy atom. The fourth-order valence-electron chi connectivity index (χ4n) is 1.42. The first-order valence-corrected chi connectivity index (χ1v) is 6.09. The number of hydrogen-bond acceptors (Lipinski definition) is 4. The summed E-state index contributed by atoms with van der Waals surface area (Å²) in [5, 5.41) is 18.2. The molecule has 0 aliphatic rings. The fraction of sp³-hybridized carbons (Fsp3) is 0.182. The summed E-state index contributed by atoms with van der Waals surface area (Å²) < 4.78 is 0. The lowest BCUT2D eigenvalue weighted by Gasteiger charge is -2.01. The Labute approximate surface area is 107 Å². The number of aryl methyl sites for hydroxylation is 1. The number of carboxylic acid groups (broad SMARTS) is 1. The lowest BCUT2D eigenvalue weighted by molar-refractivity contribution is 0.0698. The van der Waals surface area contributed by atoms with Crippen LogP contribution in [-0.2, 0) is 6.42 Å². The van der Waals surface area contributed by atoms with Crippen molar-refractivity contribution >= 4 is 28.2 Å². The molecular formula is C11H11N3O3S. The number of carbonyl (C=O) groups is 2. The second kappa shape index (κ2) is 5.01. The largest absolute Gasteiger partial charge is 0.478 e. The van der Waals surface area contributed by atoms with Crippen LogP contribution < -0.4 is 5.32 Å². The van der Waals surface area contributed by atoms with Gasteiger partial charge in [-0.1, -0.05) is 6.92 Å². The predicted octanol–water partition coefficient (Wildman–Crippen LogP) is 1.98. The highest BCUT2D eigenvalue weighted by molar-refractivity contribution is 7.16. The van der Waals surface area contributed by atoms with E-state index in [4.69, 9.17) is 5.11 Å². The summed E-state index contributed by atoms with van der Waals surface area (Å²) >= 11 is 1.27. The molecule has 2 aromatic heterocycles. The summed E-state index contributed by atoms with van der Waals surface area (Å²) in [6, 6.07) is 1.58. The Hall–Kier alpha value is -2.15. The summed E-state index contributed by atoms with van der Waals surface area (Å²) in [5.41, 5.74) is 0.478. The normalized spacial score (nSPS) is 10.3. The van der Waals surface area contributed by atoms with Gasteiger partial charge in [0.15, 0.2) is 0 Å². The zero-order valence-corrected chi connectivity index (χ0v) is 10.4. The van der Waals surface area contributed by atoms with Gasteiger partial charge in [-0.3, -0.25) is 9.89 Å². The molecule has 2 aromatic rings. The van der Waals surface area contributed by atoms with Crippen molar-refractivity contribution in [2.24, 2.45) is 0 Å². The van der Waals surface area contributed by atoms with Crippen molar-refractivity contribution < 1.29 is 14.7 Å². The quantitative estimate of drug-likeness (QED) is 0.787. The van der Waals surface area contributed by atoms with E-state index >= 15 is 0 Å². The van der Waals surface area contributed by atoms with E-state index < -0.39 is 5.97 Å². The van der Waals surface area contributed by atoms with Gasteiger partial charge in [0.2, 0.25) is 0 Å². The van der Waals surface area contributed by atoms with Gasteiger partial charge in [0.05, 0.1) is 17.3 Å². The number of anilines is 1. The van der Waals surface area contributed by atoms with Crippen LogP contribution in [0.4, 0.5) is 5.00 Å². The molecule has 0 fully saturated rings. The van der Waals surface area contributed by atoms with Crippen LogP contribution in [0.25, 0.3) is 0 Å². The third kappa shape index (κ3) is 2.40. The Morgan fingerprint density at radius 3 is 2.89 bits per heavy atom. The van der Waals surface area contributed by atoms with Gasteiger partial charge in [0.1, 0.15) is 5.00 Å². The monoisotopic (exact) mass is 265 g/mol. The molecule has 0 atom stereocenters. The van der Waals surface area contributed by atoms with Gasteiger partial charge in [-0.2, -0.15) is 5.10 Å². The van der Waals surface area contributed by atoms with Crippen molar-refractivity contribution in [3.63, 3.8) is 0 Å². The van der Waals surface area contributed by atoms with Crippen LogP contribution in [0.1, 0.15) is 32.5 Å². The maximum absolute atomic E-state index is 11.8. The lowest BCUT2D eigenvalue weighted by atomic mass is 10.2. The van der Waals surface area contributed by atoms with Crippen LogP contribution in [0.15, 0.2) is 18.5 Å².